The molecule has 19 heavy (non-hydrogen) atoms. The van der Waals surface area contributed by atoms with Crippen molar-refractivity contribution in [3.63, 3.8) is 0 Å². The monoisotopic (exact) mass is 262 g/mol. The van der Waals surface area contributed by atoms with Crippen LogP contribution in [-0.4, -0.2) is 30.0 Å². The Hall–Kier alpha value is -1.62. The van der Waals surface area contributed by atoms with E-state index in [-0.39, 0.29) is 6.04 Å². The van der Waals surface area contributed by atoms with Gasteiger partial charge in [0, 0.05) is 30.4 Å². The number of carbonyl (C=O) groups is 1. The first-order chi connectivity index (χ1) is 8.97. The van der Waals surface area contributed by atoms with Gasteiger partial charge in [-0.1, -0.05) is 0 Å². The van der Waals surface area contributed by atoms with Crippen LogP contribution in [0.1, 0.15) is 35.8 Å². The molecule has 0 bridgehead atoms. The van der Waals surface area contributed by atoms with Gasteiger partial charge in [0.2, 0.25) is 5.91 Å². The molecule has 0 saturated carbocycles. The van der Waals surface area contributed by atoms with Crippen LogP contribution in [0.4, 0.5) is 5.82 Å². The van der Waals surface area contributed by atoms with Crippen molar-refractivity contribution in [3.05, 3.63) is 23.4 Å². The van der Waals surface area contributed by atoms with Crippen LogP contribution in [0, 0.1) is 12.8 Å². The fraction of sp³-hybridized carbons (Fsp3) is 0.571. The van der Waals surface area contributed by atoms with Crippen LogP contribution in [0.2, 0.25) is 0 Å². The lowest BCUT2D eigenvalue weighted by molar-refractivity contribution is 0.1000. The number of amides is 1. The summed E-state index contributed by atoms with van der Waals surface area (Å²) in [6.07, 6.45) is 2.26. The van der Waals surface area contributed by atoms with Gasteiger partial charge in [-0.3, -0.25) is 4.79 Å². The minimum Gasteiger partial charge on any atom is -0.366 e. The Labute approximate surface area is 114 Å². The Kier molecular flexibility index (Phi) is 4.04. The van der Waals surface area contributed by atoms with Gasteiger partial charge >= 0.3 is 0 Å². The maximum absolute atomic E-state index is 11.3. The maximum Gasteiger partial charge on any atom is 0.248 e. The molecule has 1 amide bonds. The molecule has 0 aliphatic carbocycles. The number of nitrogens with two attached hydrogens (primary N) is 2. The van der Waals surface area contributed by atoms with E-state index in [4.69, 9.17) is 11.5 Å². The maximum atomic E-state index is 11.3. The Morgan fingerprint density at radius 3 is 2.89 bits per heavy atom. The second-order valence-corrected chi connectivity index (χ2v) is 5.43. The van der Waals surface area contributed by atoms with E-state index in [1.165, 1.54) is 0 Å². The van der Waals surface area contributed by atoms with Gasteiger partial charge < -0.3 is 16.4 Å². The molecule has 1 aromatic heterocycles. The normalized spacial score (nSPS) is 21.2. The van der Waals surface area contributed by atoms with Gasteiger partial charge in [-0.25, -0.2) is 4.98 Å². The average Bonchev–Trinajstić information content (AvgIpc) is 2.38. The molecular weight excluding hydrogens is 240 g/mol. The molecule has 2 atom stereocenters. The van der Waals surface area contributed by atoms with E-state index in [1.54, 1.807) is 12.1 Å². The first kappa shape index (κ1) is 13.8. The third-order valence-corrected chi connectivity index (χ3v) is 3.75. The number of pyridine rings is 1. The molecule has 5 nitrogen and oxygen atoms in total. The lowest BCUT2D eigenvalue weighted by atomic mass is 9.92. The predicted molar refractivity (Wildman–Crippen MR) is 76.1 cm³/mol. The molecule has 2 unspecified atom stereocenters. The van der Waals surface area contributed by atoms with E-state index >= 15 is 0 Å². The van der Waals surface area contributed by atoms with E-state index in [2.05, 4.69) is 9.88 Å². The topological polar surface area (TPSA) is 85.2 Å². The highest BCUT2D eigenvalue weighted by molar-refractivity contribution is 5.93. The van der Waals surface area contributed by atoms with Crippen molar-refractivity contribution >= 4 is 11.7 Å². The van der Waals surface area contributed by atoms with E-state index in [9.17, 15) is 4.79 Å². The first-order valence-corrected chi connectivity index (χ1v) is 6.76. The molecule has 0 radical (unpaired) electrons. The smallest absolute Gasteiger partial charge is 0.248 e. The summed E-state index contributed by atoms with van der Waals surface area (Å²) >= 11 is 0. The molecule has 1 aromatic rings. The molecule has 104 valence electrons. The van der Waals surface area contributed by atoms with Gasteiger partial charge in [0.25, 0.3) is 0 Å². The highest BCUT2D eigenvalue weighted by Gasteiger charge is 2.24. The van der Waals surface area contributed by atoms with Crippen molar-refractivity contribution < 1.29 is 4.79 Å². The summed E-state index contributed by atoms with van der Waals surface area (Å²) in [7, 11) is 0. The summed E-state index contributed by atoms with van der Waals surface area (Å²) in [5, 5.41) is 0. The highest BCUT2D eigenvalue weighted by atomic mass is 16.1. The Bertz CT molecular complexity index is 473. The lowest BCUT2D eigenvalue weighted by Gasteiger charge is -2.35. The minimum absolute atomic E-state index is 0.184. The summed E-state index contributed by atoms with van der Waals surface area (Å²) in [4.78, 5) is 18.0. The van der Waals surface area contributed by atoms with E-state index in [1.807, 2.05) is 13.8 Å². The second-order valence-electron chi connectivity index (χ2n) is 5.43. The first-order valence-electron chi connectivity index (χ1n) is 6.76. The van der Waals surface area contributed by atoms with Gasteiger partial charge in [-0.2, -0.15) is 0 Å². The number of hydrogen-bond donors (Lipinski definition) is 2. The third-order valence-electron chi connectivity index (χ3n) is 3.75. The van der Waals surface area contributed by atoms with Crippen molar-refractivity contribution in [1.82, 2.24) is 4.98 Å². The summed E-state index contributed by atoms with van der Waals surface area (Å²) in [5.41, 5.74) is 12.7. The van der Waals surface area contributed by atoms with Crippen molar-refractivity contribution in [2.75, 3.05) is 18.0 Å². The number of primary amides is 1. The predicted octanol–water partition coefficient (Wildman–Crippen LogP) is 1.05. The quantitative estimate of drug-likeness (QED) is 0.852. The van der Waals surface area contributed by atoms with Crippen LogP contribution in [0.25, 0.3) is 0 Å². The molecule has 5 heteroatoms. The zero-order valence-electron chi connectivity index (χ0n) is 11.6. The number of carbonyl (C=O) groups excluding carboxylic acids is 1. The minimum atomic E-state index is -0.410. The third kappa shape index (κ3) is 3.23. The van der Waals surface area contributed by atoms with Crippen LogP contribution < -0.4 is 16.4 Å². The number of nitrogens with zero attached hydrogens (tertiary/aromatic N) is 2. The number of aryl methyl sites for hydroxylation is 1. The number of hydrogen-bond acceptors (Lipinski definition) is 4. The number of rotatable bonds is 3. The average molecular weight is 262 g/mol. The molecule has 0 spiro atoms. The van der Waals surface area contributed by atoms with E-state index in [0.717, 1.165) is 37.4 Å². The zero-order chi connectivity index (χ0) is 14.0. The number of anilines is 1. The summed E-state index contributed by atoms with van der Waals surface area (Å²) in [6, 6.07) is 3.68. The largest absolute Gasteiger partial charge is 0.366 e. The van der Waals surface area contributed by atoms with Crippen LogP contribution in [0.15, 0.2) is 12.1 Å². The molecule has 1 aliphatic rings. The van der Waals surface area contributed by atoms with Crippen molar-refractivity contribution in [1.29, 1.82) is 0 Å². The number of piperidine rings is 1. The Morgan fingerprint density at radius 2 is 2.26 bits per heavy atom. The van der Waals surface area contributed by atoms with Crippen molar-refractivity contribution in [2.45, 2.75) is 32.7 Å². The fourth-order valence-electron chi connectivity index (χ4n) is 2.60. The Balaban J connectivity index is 2.23. The van der Waals surface area contributed by atoms with E-state index in [0.29, 0.717) is 11.5 Å². The molecule has 2 heterocycles. The summed E-state index contributed by atoms with van der Waals surface area (Å²) < 4.78 is 0. The molecule has 1 saturated heterocycles. The van der Waals surface area contributed by atoms with Crippen molar-refractivity contribution in [2.24, 2.45) is 17.4 Å². The van der Waals surface area contributed by atoms with Gasteiger partial charge in [-0.15, -0.1) is 0 Å². The van der Waals surface area contributed by atoms with Crippen LogP contribution >= 0.6 is 0 Å². The molecular formula is C14H22N4O. The molecule has 0 aromatic carbocycles. The lowest BCUT2D eigenvalue weighted by Crippen LogP contribution is -2.42. The molecule has 4 N–H and O–H groups in total. The van der Waals surface area contributed by atoms with Crippen LogP contribution in [-0.2, 0) is 0 Å². The fourth-order valence-corrected chi connectivity index (χ4v) is 2.60. The zero-order valence-corrected chi connectivity index (χ0v) is 11.6. The van der Waals surface area contributed by atoms with Gasteiger partial charge in [0.15, 0.2) is 0 Å². The standard InChI is InChI=1S/C14H22N4O/c1-9-6-12(14(16)19)7-13(17-9)18-5-3-4-11(8-18)10(2)15/h6-7,10-11H,3-5,8,15H2,1-2H3,(H2,16,19). The van der Waals surface area contributed by atoms with Gasteiger partial charge in [0.1, 0.15) is 5.82 Å². The summed E-state index contributed by atoms with van der Waals surface area (Å²) in [6.45, 7) is 5.78. The SMILES string of the molecule is Cc1cc(C(N)=O)cc(N2CCCC(C(C)N)C2)n1. The van der Waals surface area contributed by atoms with Crippen LogP contribution in [0.3, 0.4) is 0 Å². The van der Waals surface area contributed by atoms with Crippen LogP contribution in [0.5, 0.6) is 0 Å². The summed E-state index contributed by atoms with van der Waals surface area (Å²) in [5.74, 6) is 0.903. The second kappa shape index (κ2) is 5.57. The highest BCUT2D eigenvalue weighted by Crippen LogP contribution is 2.24. The van der Waals surface area contributed by atoms with Crippen molar-refractivity contribution in [3.8, 4) is 0 Å². The molecule has 1 fully saturated rings. The number of aromatic nitrogens is 1. The molecule has 2 rings (SSSR count). The van der Waals surface area contributed by atoms with E-state index < -0.39 is 5.91 Å². The molecule has 1 aliphatic heterocycles. The van der Waals surface area contributed by atoms with Gasteiger partial charge in [0.05, 0.1) is 0 Å². The Morgan fingerprint density at radius 1 is 1.53 bits per heavy atom. The van der Waals surface area contributed by atoms with Gasteiger partial charge in [-0.05, 0) is 44.7 Å².